The lowest BCUT2D eigenvalue weighted by Crippen LogP contribution is -2.12. The lowest BCUT2D eigenvalue weighted by Gasteiger charge is -2.05. The summed E-state index contributed by atoms with van der Waals surface area (Å²) in [6, 6.07) is 3.65. The first-order chi connectivity index (χ1) is 7.15. The molecule has 0 aliphatic rings. The van der Waals surface area contributed by atoms with Gasteiger partial charge in [0.1, 0.15) is 5.75 Å². The van der Waals surface area contributed by atoms with Gasteiger partial charge in [-0.05, 0) is 6.92 Å². The van der Waals surface area contributed by atoms with Crippen LogP contribution in [0.5, 0.6) is 5.75 Å². The number of hydrogen-bond donors (Lipinski definition) is 1. The van der Waals surface area contributed by atoms with Crippen LogP contribution in [-0.2, 0) is 16.6 Å². The first-order valence-electron chi connectivity index (χ1n) is 4.72. The van der Waals surface area contributed by atoms with Crippen molar-refractivity contribution in [2.75, 3.05) is 19.4 Å². The SMILES string of the molecule is COc1cc(C)nc(CS(=O)CCN)c1. The van der Waals surface area contributed by atoms with Gasteiger partial charge in [0.25, 0.3) is 0 Å². The molecule has 0 aliphatic heterocycles. The summed E-state index contributed by atoms with van der Waals surface area (Å²) in [6.45, 7) is 2.33. The lowest BCUT2D eigenvalue weighted by atomic mass is 10.3. The molecule has 84 valence electrons. The molecule has 1 aromatic rings. The van der Waals surface area contributed by atoms with Gasteiger partial charge in [-0.3, -0.25) is 9.19 Å². The van der Waals surface area contributed by atoms with Crippen molar-refractivity contribution in [3.8, 4) is 5.75 Å². The second-order valence-electron chi connectivity index (χ2n) is 3.22. The molecule has 0 radical (unpaired) electrons. The fourth-order valence-electron chi connectivity index (χ4n) is 1.26. The molecule has 1 unspecified atom stereocenters. The van der Waals surface area contributed by atoms with Crippen LogP contribution in [0.3, 0.4) is 0 Å². The molecule has 0 aliphatic carbocycles. The van der Waals surface area contributed by atoms with Crippen molar-refractivity contribution in [2.24, 2.45) is 5.73 Å². The summed E-state index contributed by atoms with van der Waals surface area (Å²) < 4.78 is 16.6. The molecule has 2 N–H and O–H groups in total. The molecule has 4 nitrogen and oxygen atoms in total. The molecule has 1 aromatic heterocycles. The van der Waals surface area contributed by atoms with E-state index >= 15 is 0 Å². The quantitative estimate of drug-likeness (QED) is 0.801. The average molecular weight is 228 g/mol. The highest BCUT2D eigenvalue weighted by Gasteiger charge is 2.04. The molecular formula is C10H16N2O2S. The Morgan fingerprint density at radius 2 is 2.27 bits per heavy atom. The third-order valence-electron chi connectivity index (χ3n) is 1.87. The van der Waals surface area contributed by atoms with Crippen LogP contribution in [0.15, 0.2) is 12.1 Å². The van der Waals surface area contributed by atoms with Gasteiger partial charge in [-0.2, -0.15) is 0 Å². The topological polar surface area (TPSA) is 65.2 Å². The number of ether oxygens (including phenoxy) is 1. The van der Waals surface area contributed by atoms with Crippen LogP contribution in [0.1, 0.15) is 11.4 Å². The molecule has 1 atom stereocenters. The van der Waals surface area contributed by atoms with Crippen molar-refractivity contribution in [1.82, 2.24) is 4.98 Å². The van der Waals surface area contributed by atoms with Crippen molar-refractivity contribution < 1.29 is 8.95 Å². The zero-order chi connectivity index (χ0) is 11.3. The second-order valence-corrected chi connectivity index (χ2v) is 4.79. The van der Waals surface area contributed by atoms with Gasteiger partial charge in [0.05, 0.1) is 18.6 Å². The minimum absolute atomic E-state index is 0.440. The Labute approximate surface area is 92.3 Å². The minimum Gasteiger partial charge on any atom is -0.497 e. The van der Waals surface area contributed by atoms with Gasteiger partial charge >= 0.3 is 0 Å². The van der Waals surface area contributed by atoms with E-state index < -0.39 is 10.8 Å². The molecule has 0 saturated heterocycles. The van der Waals surface area contributed by atoms with E-state index in [9.17, 15) is 4.21 Å². The Hall–Kier alpha value is -0.940. The Morgan fingerprint density at radius 1 is 1.53 bits per heavy atom. The lowest BCUT2D eigenvalue weighted by molar-refractivity contribution is 0.413. The number of aromatic nitrogens is 1. The first kappa shape index (κ1) is 12.1. The number of nitrogens with zero attached hydrogens (tertiary/aromatic N) is 1. The number of methoxy groups -OCH3 is 1. The van der Waals surface area contributed by atoms with Crippen LogP contribution < -0.4 is 10.5 Å². The predicted molar refractivity (Wildman–Crippen MR) is 61.3 cm³/mol. The van der Waals surface area contributed by atoms with E-state index in [1.54, 1.807) is 13.2 Å². The Balaban J connectivity index is 2.76. The summed E-state index contributed by atoms with van der Waals surface area (Å²) in [5, 5.41) is 0. The number of aryl methyl sites for hydroxylation is 1. The van der Waals surface area contributed by atoms with Crippen LogP contribution in [0.2, 0.25) is 0 Å². The maximum Gasteiger partial charge on any atom is 0.122 e. The zero-order valence-electron chi connectivity index (χ0n) is 9.03. The molecule has 0 saturated carbocycles. The highest BCUT2D eigenvalue weighted by molar-refractivity contribution is 7.84. The number of hydrogen-bond acceptors (Lipinski definition) is 4. The van der Waals surface area contributed by atoms with Crippen molar-refractivity contribution in [1.29, 1.82) is 0 Å². The predicted octanol–water partition coefficient (Wildman–Crippen LogP) is 0.606. The summed E-state index contributed by atoms with van der Waals surface area (Å²) in [6.07, 6.45) is 0. The summed E-state index contributed by atoms with van der Waals surface area (Å²) in [7, 11) is 0.674. The van der Waals surface area contributed by atoms with E-state index in [0.717, 1.165) is 17.1 Å². The van der Waals surface area contributed by atoms with Crippen molar-refractivity contribution >= 4 is 10.8 Å². The van der Waals surface area contributed by atoms with E-state index in [2.05, 4.69) is 4.98 Å². The second kappa shape index (κ2) is 5.82. The maximum atomic E-state index is 11.5. The molecule has 1 rings (SSSR count). The normalized spacial score (nSPS) is 12.5. The number of pyridine rings is 1. The van der Waals surface area contributed by atoms with E-state index in [0.29, 0.717) is 18.1 Å². The first-order valence-corrected chi connectivity index (χ1v) is 6.21. The van der Waals surface area contributed by atoms with Crippen molar-refractivity contribution in [2.45, 2.75) is 12.7 Å². The Morgan fingerprint density at radius 3 is 2.87 bits per heavy atom. The van der Waals surface area contributed by atoms with E-state index in [-0.39, 0.29) is 0 Å². The number of nitrogens with two attached hydrogens (primary N) is 1. The monoisotopic (exact) mass is 228 g/mol. The smallest absolute Gasteiger partial charge is 0.122 e. The molecule has 0 fully saturated rings. The van der Waals surface area contributed by atoms with Gasteiger partial charge in [0.15, 0.2) is 0 Å². The van der Waals surface area contributed by atoms with Crippen LogP contribution in [0.25, 0.3) is 0 Å². The van der Waals surface area contributed by atoms with Crippen molar-refractivity contribution in [3.63, 3.8) is 0 Å². The van der Waals surface area contributed by atoms with Crippen LogP contribution in [0, 0.1) is 6.92 Å². The summed E-state index contributed by atoms with van der Waals surface area (Å²) >= 11 is 0. The van der Waals surface area contributed by atoms with Gasteiger partial charge in [-0.1, -0.05) is 0 Å². The van der Waals surface area contributed by atoms with Gasteiger partial charge < -0.3 is 10.5 Å². The summed E-state index contributed by atoms with van der Waals surface area (Å²) in [5.74, 6) is 1.70. The van der Waals surface area contributed by atoms with E-state index in [1.807, 2.05) is 13.0 Å². The van der Waals surface area contributed by atoms with Crippen LogP contribution in [0.4, 0.5) is 0 Å². The average Bonchev–Trinajstić information content (AvgIpc) is 2.17. The minimum atomic E-state index is -0.933. The highest BCUT2D eigenvalue weighted by atomic mass is 32.2. The molecule has 15 heavy (non-hydrogen) atoms. The van der Waals surface area contributed by atoms with Crippen LogP contribution in [-0.4, -0.2) is 28.6 Å². The van der Waals surface area contributed by atoms with Crippen molar-refractivity contribution in [3.05, 3.63) is 23.5 Å². The number of rotatable bonds is 5. The summed E-state index contributed by atoms with van der Waals surface area (Å²) in [4.78, 5) is 4.29. The molecule has 0 bridgehead atoms. The fraction of sp³-hybridized carbons (Fsp3) is 0.500. The van der Waals surface area contributed by atoms with Gasteiger partial charge in [0.2, 0.25) is 0 Å². The third-order valence-corrected chi connectivity index (χ3v) is 3.18. The van der Waals surface area contributed by atoms with Gasteiger partial charge in [-0.25, -0.2) is 0 Å². The van der Waals surface area contributed by atoms with Crippen LogP contribution >= 0.6 is 0 Å². The molecular weight excluding hydrogens is 212 g/mol. The molecule has 0 amide bonds. The zero-order valence-corrected chi connectivity index (χ0v) is 9.84. The Bertz CT molecular complexity index is 355. The standard InChI is InChI=1S/C10H16N2O2S/c1-8-5-10(14-2)6-9(12-8)7-15(13)4-3-11/h5-6H,3-4,7,11H2,1-2H3. The van der Waals surface area contributed by atoms with E-state index in [4.69, 9.17) is 10.5 Å². The summed E-state index contributed by atoms with van der Waals surface area (Å²) in [5.41, 5.74) is 6.99. The van der Waals surface area contributed by atoms with Gasteiger partial charge in [0, 0.05) is 40.9 Å². The van der Waals surface area contributed by atoms with Gasteiger partial charge in [-0.15, -0.1) is 0 Å². The fourth-order valence-corrected chi connectivity index (χ4v) is 2.15. The Kier molecular flexibility index (Phi) is 4.71. The molecule has 5 heteroatoms. The molecule has 0 aromatic carbocycles. The molecule has 1 heterocycles. The third kappa shape index (κ3) is 3.97. The maximum absolute atomic E-state index is 11.5. The van der Waals surface area contributed by atoms with E-state index in [1.165, 1.54) is 0 Å². The largest absolute Gasteiger partial charge is 0.497 e. The molecule has 0 spiro atoms. The highest BCUT2D eigenvalue weighted by Crippen LogP contribution is 2.14.